The van der Waals surface area contributed by atoms with E-state index in [0.717, 1.165) is 22.8 Å². The van der Waals surface area contributed by atoms with Gasteiger partial charge in [0.05, 0.1) is 11.5 Å². The summed E-state index contributed by atoms with van der Waals surface area (Å²) in [5, 5.41) is 10.9. The van der Waals surface area contributed by atoms with Crippen molar-refractivity contribution in [2.75, 3.05) is 6.61 Å². The van der Waals surface area contributed by atoms with Gasteiger partial charge in [0.15, 0.2) is 11.0 Å². The van der Waals surface area contributed by atoms with Crippen molar-refractivity contribution in [3.8, 4) is 10.7 Å². The molecule has 0 unspecified atom stereocenters. The first-order chi connectivity index (χ1) is 12.2. The monoisotopic (exact) mass is 373 g/mol. The number of thiophene rings is 1. The number of carbonyl (C=O) groups excluding carboxylic acids is 1. The topological polar surface area (TPSA) is 57.0 Å². The number of hydrogen-bond donors (Lipinski definition) is 0. The van der Waals surface area contributed by atoms with Gasteiger partial charge in [-0.15, -0.1) is 21.5 Å². The Bertz CT molecular complexity index is 816. The largest absolute Gasteiger partial charge is 0.465 e. The summed E-state index contributed by atoms with van der Waals surface area (Å²) >= 11 is 3.00. The Morgan fingerprint density at radius 3 is 2.64 bits per heavy atom. The first kappa shape index (κ1) is 17.7. The molecule has 0 fully saturated rings. The van der Waals surface area contributed by atoms with Crippen LogP contribution >= 0.6 is 23.1 Å². The minimum atomic E-state index is -0.466. The van der Waals surface area contributed by atoms with Crippen LogP contribution in [0.1, 0.15) is 24.7 Å². The molecule has 0 radical (unpaired) electrons. The highest BCUT2D eigenvalue weighted by atomic mass is 32.2. The molecule has 0 spiro atoms. The van der Waals surface area contributed by atoms with Crippen LogP contribution < -0.4 is 0 Å². The summed E-state index contributed by atoms with van der Waals surface area (Å²) in [6.45, 7) is 4.94. The van der Waals surface area contributed by atoms with Crippen LogP contribution in [0, 0.1) is 0 Å². The summed E-state index contributed by atoms with van der Waals surface area (Å²) in [6.07, 6.45) is 0. The van der Waals surface area contributed by atoms with Gasteiger partial charge in [-0.1, -0.05) is 48.2 Å². The lowest BCUT2D eigenvalue weighted by Crippen LogP contribution is -2.14. The van der Waals surface area contributed by atoms with E-state index < -0.39 is 5.25 Å². The molecule has 1 aromatic carbocycles. The van der Waals surface area contributed by atoms with Crippen LogP contribution in [0.2, 0.25) is 0 Å². The maximum atomic E-state index is 12.5. The molecule has 0 saturated heterocycles. The summed E-state index contributed by atoms with van der Waals surface area (Å²) in [4.78, 5) is 13.5. The van der Waals surface area contributed by atoms with E-state index in [2.05, 4.69) is 10.2 Å². The van der Waals surface area contributed by atoms with E-state index in [1.54, 1.807) is 11.3 Å². The van der Waals surface area contributed by atoms with E-state index in [4.69, 9.17) is 4.74 Å². The van der Waals surface area contributed by atoms with Gasteiger partial charge in [0.25, 0.3) is 0 Å². The predicted molar refractivity (Wildman–Crippen MR) is 101 cm³/mol. The quantitative estimate of drug-likeness (QED) is 0.453. The molecule has 3 rings (SSSR count). The minimum Gasteiger partial charge on any atom is -0.465 e. The lowest BCUT2D eigenvalue weighted by molar-refractivity contribution is -0.142. The second-order valence-corrected chi connectivity index (χ2v) is 7.21. The Labute approximate surface area is 155 Å². The Hall–Kier alpha value is -2.12. The number of nitrogens with zero attached hydrogens (tertiary/aromatic N) is 3. The Morgan fingerprint density at radius 1 is 1.20 bits per heavy atom. The molecule has 2 heterocycles. The Morgan fingerprint density at radius 2 is 2.00 bits per heavy atom. The van der Waals surface area contributed by atoms with Crippen molar-refractivity contribution in [3.05, 3.63) is 53.4 Å². The van der Waals surface area contributed by atoms with Crippen LogP contribution in [-0.4, -0.2) is 27.3 Å². The normalized spacial score (nSPS) is 12.1. The number of carbonyl (C=O) groups is 1. The number of benzene rings is 1. The zero-order valence-corrected chi connectivity index (χ0v) is 15.7. The molecule has 0 amide bonds. The van der Waals surface area contributed by atoms with E-state index in [1.807, 2.05) is 66.3 Å². The highest BCUT2D eigenvalue weighted by molar-refractivity contribution is 8.00. The number of esters is 1. The summed E-state index contributed by atoms with van der Waals surface area (Å²) in [7, 11) is 0. The second-order valence-electron chi connectivity index (χ2n) is 5.19. The average Bonchev–Trinajstić information content (AvgIpc) is 3.29. The van der Waals surface area contributed by atoms with Gasteiger partial charge in [0, 0.05) is 6.54 Å². The minimum absolute atomic E-state index is 0.262. The molecule has 3 aromatic rings. The highest BCUT2D eigenvalue weighted by Gasteiger charge is 2.26. The lowest BCUT2D eigenvalue weighted by Gasteiger charge is -2.15. The second kappa shape index (κ2) is 8.31. The fourth-order valence-corrected chi connectivity index (χ4v) is 4.27. The van der Waals surface area contributed by atoms with E-state index in [0.29, 0.717) is 11.8 Å². The third-order valence-corrected chi connectivity index (χ3v) is 5.68. The maximum absolute atomic E-state index is 12.5. The number of aromatic nitrogens is 3. The zero-order chi connectivity index (χ0) is 17.6. The zero-order valence-electron chi connectivity index (χ0n) is 14.1. The van der Waals surface area contributed by atoms with Crippen molar-refractivity contribution in [3.63, 3.8) is 0 Å². The van der Waals surface area contributed by atoms with Gasteiger partial charge >= 0.3 is 5.97 Å². The fourth-order valence-electron chi connectivity index (χ4n) is 2.45. The van der Waals surface area contributed by atoms with Gasteiger partial charge in [-0.05, 0) is 30.9 Å². The number of rotatable bonds is 7. The van der Waals surface area contributed by atoms with Gasteiger partial charge in [-0.2, -0.15) is 0 Å². The molecule has 25 heavy (non-hydrogen) atoms. The van der Waals surface area contributed by atoms with Crippen LogP contribution in [0.25, 0.3) is 10.7 Å². The van der Waals surface area contributed by atoms with E-state index in [-0.39, 0.29) is 5.97 Å². The van der Waals surface area contributed by atoms with Gasteiger partial charge in [0.1, 0.15) is 5.25 Å². The molecule has 1 atom stereocenters. The van der Waals surface area contributed by atoms with Crippen molar-refractivity contribution in [2.45, 2.75) is 30.8 Å². The molecule has 0 bridgehead atoms. The third kappa shape index (κ3) is 3.93. The Balaban J connectivity index is 1.93. The summed E-state index contributed by atoms with van der Waals surface area (Å²) in [5.74, 6) is 0.567. The van der Waals surface area contributed by atoms with E-state index >= 15 is 0 Å². The maximum Gasteiger partial charge on any atom is 0.324 e. The molecule has 5 nitrogen and oxygen atoms in total. The summed E-state index contributed by atoms with van der Waals surface area (Å²) < 4.78 is 7.30. The van der Waals surface area contributed by atoms with Crippen molar-refractivity contribution in [2.24, 2.45) is 0 Å². The molecule has 0 saturated carbocycles. The molecular weight excluding hydrogens is 354 g/mol. The molecule has 0 aliphatic heterocycles. The van der Waals surface area contributed by atoms with Gasteiger partial charge < -0.3 is 9.30 Å². The molecule has 0 N–H and O–H groups in total. The van der Waals surface area contributed by atoms with Crippen molar-refractivity contribution >= 4 is 29.1 Å². The first-order valence-electron chi connectivity index (χ1n) is 8.09. The SMILES string of the molecule is CCOC(=O)[C@@H](Sc1nnc(-c2cccs2)n1CC)c1ccccc1. The van der Waals surface area contributed by atoms with Crippen molar-refractivity contribution in [1.82, 2.24) is 14.8 Å². The highest BCUT2D eigenvalue weighted by Crippen LogP contribution is 2.37. The standard InChI is InChI=1S/C18H19N3O2S2/c1-3-21-16(14-11-8-12-24-14)19-20-18(21)25-15(17(22)23-4-2)13-9-6-5-7-10-13/h5-12,15H,3-4H2,1-2H3/t15-/m0/s1. The average molecular weight is 374 g/mol. The van der Waals surface area contributed by atoms with Crippen LogP contribution in [-0.2, 0) is 16.1 Å². The number of ether oxygens (including phenoxy) is 1. The van der Waals surface area contributed by atoms with Gasteiger partial charge in [-0.3, -0.25) is 4.79 Å². The van der Waals surface area contributed by atoms with Crippen molar-refractivity contribution in [1.29, 1.82) is 0 Å². The molecule has 0 aliphatic carbocycles. The summed E-state index contributed by atoms with van der Waals surface area (Å²) in [6, 6.07) is 13.7. The van der Waals surface area contributed by atoms with E-state index in [1.165, 1.54) is 11.8 Å². The Kier molecular flexibility index (Phi) is 5.88. The van der Waals surface area contributed by atoms with Crippen molar-refractivity contribution < 1.29 is 9.53 Å². The van der Waals surface area contributed by atoms with Crippen LogP contribution in [0.4, 0.5) is 0 Å². The van der Waals surface area contributed by atoms with Crippen LogP contribution in [0.15, 0.2) is 53.0 Å². The lowest BCUT2D eigenvalue weighted by atomic mass is 10.1. The predicted octanol–water partition coefficient (Wildman–Crippen LogP) is 4.42. The molecular formula is C18H19N3O2S2. The molecule has 130 valence electrons. The summed E-state index contributed by atoms with van der Waals surface area (Å²) in [5.41, 5.74) is 0.897. The molecule has 0 aliphatic rings. The fraction of sp³-hybridized carbons (Fsp3) is 0.278. The smallest absolute Gasteiger partial charge is 0.324 e. The first-order valence-corrected chi connectivity index (χ1v) is 9.85. The van der Waals surface area contributed by atoms with Gasteiger partial charge in [0.2, 0.25) is 0 Å². The van der Waals surface area contributed by atoms with Gasteiger partial charge in [-0.25, -0.2) is 0 Å². The number of hydrogen-bond acceptors (Lipinski definition) is 6. The van der Waals surface area contributed by atoms with Crippen LogP contribution in [0.3, 0.4) is 0 Å². The third-order valence-electron chi connectivity index (χ3n) is 3.60. The molecule has 7 heteroatoms. The number of thioether (sulfide) groups is 1. The van der Waals surface area contributed by atoms with E-state index in [9.17, 15) is 4.79 Å². The molecule has 2 aromatic heterocycles. The van der Waals surface area contributed by atoms with Crippen LogP contribution in [0.5, 0.6) is 0 Å².